The fourth-order valence-electron chi connectivity index (χ4n) is 4.53. The number of pyridine rings is 1. The van der Waals surface area contributed by atoms with Crippen molar-refractivity contribution in [3.8, 4) is 10.6 Å². The van der Waals surface area contributed by atoms with Crippen LogP contribution in [0.5, 0.6) is 0 Å². The Hall–Kier alpha value is -4.48. The lowest BCUT2D eigenvalue weighted by molar-refractivity contribution is 0.0951. The molecule has 5 rings (SSSR count). The van der Waals surface area contributed by atoms with E-state index in [4.69, 9.17) is 10.7 Å². The standard InChI is InChI=1S/C30H34N8O2S/c31-25-14-9-21(19-33-25)20-34-30(40)36-24-12-10-22(11-13-24)29-37-27(35-23-7-3-1-4-8-23)26(41-29)28(39)32-15-18-38-16-5-2-6-17-38/h1,3-4,7-14,19,35H,2,5-6,15-18,20H2,(H2,31,33)(H,32,39)(H2,34,36,40). The summed E-state index contributed by atoms with van der Waals surface area (Å²) < 4.78 is 0. The van der Waals surface area contributed by atoms with Gasteiger partial charge in [0.1, 0.15) is 15.7 Å². The molecule has 3 amide bonds. The van der Waals surface area contributed by atoms with Gasteiger partial charge in [-0.1, -0.05) is 30.7 Å². The number of hydrogen-bond donors (Lipinski definition) is 5. The fourth-order valence-corrected chi connectivity index (χ4v) is 5.47. The van der Waals surface area contributed by atoms with Crippen molar-refractivity contribution in [1.29, 1.82) is 0 Å². The van der Waals surface area contributed by atoms with E-state index in [1.807, 2.05) is 60.7 Å². The lowest BCUT2D eigenvalue weighted by Gasteiger charge is -2.26. The topological polar surface area (TPSA) is 137 Å². The van der Waals surface area contributed by atoms with E-state index in [1.54, 1.807) is 12.3 Å². The summed E-state index contributed by atoms with van der Waals surface area (Å²) >= 11 is 1.34. The summed E-state index contributed by atoms with van der Waals surface area (Å²) in [6.45, 7) is 3.95. The first-order valence-electron chi connectivity index (χ1n) is 13.7. The summed E-state index contributed by atoms with van der Waals surface area (Å²) in [4.78, 5) is 37.3. The Balaban J connectivity index is 1.24. The first-order valence-corrected chi connectivity index (χ1v) is 14.5. The molecule has 212 valence electrons. The number of likely N-dealkylation sites (tertiary alicyclic amines) is 1. The zero-order chi connectivity index (χ0) is 28.4. The van der Waals surface area contributed by atoms with Gasteiger partial charge in [-0.15, -0.1) is 11.3 Å². The Kier molecular flexibility index (Phi) is 9.40. The number of benzene rings is 2. The van der Waals surface area contributed by atoms with Crippen LogP contribution in [0.3, 0.4) is 0 Å². The van der Waals surface area contributed by atoms with E-state index in [0.717, 1.165) is 36.4 Å². The molecule has 6 N–H and O–H groups in total. The van der Waals surface area contributed by atoms with Crippen LogP contribution in [0.2, 0.25) is 0 Å². The number of urea groups is 1. The van der Waals surface area contributed by atoms with Crippen molar-refractivity contribution in [2.24, 2.45) is 0 Å². The Morgan fingerprint density at radius 1 is 0.902 bits per heavy atom. The Morgan fingerprint density at radius 2 is 1.68 bits per heavy atom. The van der Waals surface area contributed by atoms with Crippen LogP contribution < -0.4 is 27.0 Å². The summed E-state index contributed by atoms with van der Waals surface area (Å²) in [6, 6.07) is 20.2. The van der Waals surface area contributed by atoms with Gasteiger partial charge < -0.3 is 31.9 Å². The molecule has 0 radical (unpaired) electrons. The highest BCUT2D eigenvalue weighted by Crippen LogP contribution is 2.33. The van der Waals surface area contributed by atoms with Crippen LogP contribution in [0.15, 0.2) is 72.9 Å². The predicted octanol–water partition coefficient (Wildman–Crippen LogP) is 5.07. The number of nitrogens with zero attached hydrogens (tertiary/aromatic N) is 3. The van der Waals surface area contributed by atoms with Crippen molar-refractivity contribution in [2.45, 2.75) is 25.8 Å². The van der Waals surface area contributed by atoms with Gasteiger partial charge in [0.15, 0.2) is 5.82 Å². The fraction of sp³-hybridized carbons (Fsp3) is 0.267. The van der Waals surface area contributed by atoms with E-state index in [-0.39, 0.29) is 11.9 Å². The molecule has 1 saturated heterocycles. The summed E-state index contributed by atoms with van der Waals surface area (Å²) in [6.07, 6.45) is 5.35. The van der Waals surface area contributed by atoms with Crippen LogP contribution in [0, 0.1) is 0 Å². The molecule has 1 aliphatic heterocycles. The molecule has 0 spiro atoms. The van der Waals surface area contributed by atoms with E-state index in [0.29, 0.717) is 40.3 Å². The minimum Gasteiger partial charge on any atom is -0.384 e. The Labute approximate surface area is 243 Å². The third kappa shape index (κ3) is 8.03. The van der Waals surface area contributed by atoms with E-state index < -0.39 is 0 Å². The lowest BCUT2D eigenvalue weighted by atomic mass is 10.1. The van der Waals surface area contributed by atoms with Gasteiger partial charge in [0, 0.05) is 42.8 Å². The van der Waals surface area contributed by atoms with Crippen molar-refractivity contribution in [2.75, 3.05) is 42.5 Å². The average Bonchev–Trinajstić information content (AvgIpc) is 3.42. The smallest absolute Gasteiger partial charge is 0.319 e. The van der Waals surface area contributed by atoms with E-state index in [2.05, 4.69) is 31.2 Å². The Bertz CT molecular complexity index is 1440. The lowest BCUT2D eigenvalue weighted by Crippen LogP contribution is -2.37. The van der Waals surface area contributed by atoms with Crippen LogP contribution in [0.25, 0.3) is 10.6 Å². The zero-order valence-electron chi connectivity index (χ0n) is 22.7. The van der Waals surface area contributed by atoms with Gasteiger partial charge in [0.25, 0.3) is 5.91 Å². The second kappa shape index (κ2) is 13.7. The van der Waals surface area contributed by atoms with Gasteiger partial charge in [-0.3, -0.25) is 4.79 Å². The molecule has 11 heteroatoms. The average molecular weight is 571 g/mol. The summed E-state index contributed by atoms with van der Waals surface area (Å²) in [7, 11) is 0. The van der Waals surface area contributed by atoms with Gasteiger partial charge in [-0.25, -0.2) is 14.8 Å². The van der Waals surface area contributed by atoms with Crippen LogP contribution in [-0.4, -0.2) is 53.0 Å². The monoisotopic (exact) mass is 570 g/mol. The number of hydrogen-bond acceptors (Lipinski definition) is 8. The molecule has 1 aliphatic rings. The van der Waals surface area contributed by atoms with E-state index in [9.17, 15) is 9.59 Å². The number of aromatic nitrogens is 2. The normalized spacial score (nSPS) is 13.4. The minimum atomic E-state index is -0.332. The molecule has 1 fully saturated rings. The number of thiazole rings is 1. The van der Waals surface area contributed by atoms with Crippen LogP contribution in [0.4, 0.5) is 27.8 Å². The van der Waals surface area contributed by atoms with Gasteiger partial charge in [0.05, 0.1) is 0 Å². The maximum absolute atomic E-state index is 13.2. The largest absolute Gasteiger partial charge is 0.384 e. The third-order valence-corrected chi connectivity index (χ3v) is 7.83. The first-order chi connectivity index (χ1) is 20.0. The molecule has 0 saturated carbocycles. The highest BCUT2D eigenvalue weighted by molar-refractivity contribution is 7.17. The molecule has 0 atom stereocenters. The van der Waals surface area contributed by atoms with Crippen molar-refractivity contribution >= 4 is 46.3 Å². The maximum Gasteiger partial charge on any atom is 0.319 e. The van der Waals surface area contributed by atoms with Crippen molar-refractivity contribution < 1.29 is 9.59 Å². The second-order valence-corrected chi connectivity index (χ2v) is 10.8. The van der Waals surface area contributed by atoms with E-state index in [1.165, 1.54) is 30.6 Å². The SMILES string of the molecule is Nc1ccc(CNC(=O)Nc2ccc(-c3nc(Nc4ccccc4)c(C(=O)NCCN4CCCCC4)s3)cc2)cn1. The van der Waals surface area contributed by atoms with Crippen molar-refractivity contribution in [1.82, 2.24) is 25.5 Å². The highest BCUT2D eigenvalue weighted by Gasteiger charge is 2.20. The molecule has 2 aromatic heterocycles. The molecule has 2 aromatic carbocycles. The molecule has 4 aromatic rings. The van der Waals surface area contributed by atoms with Crippen LogP contribution in [-0.2, 0) is 6.54 Å². The van der Waals surface area contributed by atoms with Gasteiger partial charge in [0.2, 0.25) is 0 Å². The molecule has 3 heterocycles. The number of rotatable bonds is 10. The highest BCUT2D eigenvalue weighted by atomic mass is 32.1. The maximum atomic E-state index is 13.2. The van der Waals surface area contributed by atoms with Gasteiger partial charge >= 0.3 is 6.03 Å². The Morgan fingerprint density at radius 3 is 2.41 bits per heavy atom. The molecular formula is C30H34N8O2S. The number of carbonyl (C=O) groups is 2. The van der Waals surface area contributed by atoms with E-state index >= 15 is 0 Å². The molecule has 0 aliphatic carbocycles. The van der Waals surface area contributed by atoms with Crippen molar-refractivity contribution in [3.63, 3.8) is 0 Å². The number of nitrogens with two attached hydrogens (primary N) is 1. The number of nitrogens with one attached hydrogen (secondary N) is 4. The van der Waals surface area contributed by atoms with Gasteiger partial charge in [-0.2, -0.15) is 0 Å². The number of amides is 3. The minimum absolute atomic E-state index is 0.143. The summed E-state index contributed by atoms with van der Waals surface area (Å²) in [5.41, 5.74) is 8.78. The number of anilines is 4. The van der Waals surface area contributed by atoms with Gasteiger partial charge in [-0.05, 0) is 74.0 Å². The van der Waals surface area contributed by atoms with Crippen molar-refractivity contribution in [3.05, 3.63) is 83.4 Å². The number of nitrogen functional groups attached to an aromatic ring is 1. The van der Waals surface area contributed by atoms with Crippen LogP contribution in [0.1, 0.15) is 34.5 Å². The molecule has 0 unspecified atom stereocenters. The summed E-state index contributed by atoms with van der Waals surface area (Å²) in [5.74, 6) is 0.808. The number of carbonyl (C=O) groups excluding carboxylic acids is 2. The zero-order valence-corrected chi connectivity index (χ0v) is 23.5. The third-order valence-electron chi connectivity index (χ3n) is 6.72. The quantitative estimate of drug-likeness (QED) is 0.180. The first kappa shape index (κ1) is 28.1. The summed E-state index contributed by atoms with van der Waals surface area (Å²) in [5, 5.41) is 12.7. The van der Waals surface area contributed by atoms with Crippen LogP contribution >= 0.6 is 11.3 Å². The molecule has 41 heavy (non-hydrogen) atoms. The molecule has 0 bridgehead atoms. The number of piperidine rings is 1. The number of para-hydroxylation sites is 1. The second-order valence-electron chi connectivity index (χ2n) is 9.82. The molecule has 10 nitrogen and oxygen atoms in total. The molecular weight excluding hydrogens is 536 g/mol. The predicted molar refractivity (Wildman–Crippen MR) is 164 cm³/mol.